The van der Waals surface area contributed by atoms with Crippen molar-refractivity contribution in [3.05, 3.63) is 35.0 Å². The van der Waals surface area contributed by atoms with Crippen LogP contribution in [0.5, 0.6) is 0 Å². The summed E-state index contributed by atoms with van der Waals surface area (Å²) in [5.74, 6) is -0.289. The van der Waals surface area contributed by atoms with Crippen molar-refractivity contribution in [3.63, 3.8) is 0 Å². The normalized spacial score (nSPS) is 11.1. The van der Waals surface area contributed by atoms with Crippen LogP contribution >= 0.6 is 23.6 Å². The monoisotopic (exact) mass is 253 g/mol. The van der Waals surface area contributed by atoms with Gasteiger partial charge in [-0.1, -0.05) is 0 Å². The molecule has 0 aliphatic heterocycles. The zero-order valence-corrected chi connectivity index (χ0v) is 9.74. The van der Waals surface area contributed by atoms with E-state index in [0.717, 1.165) is 10.1 Å². The number of nitrogens with zero attached hydrogens (tertiary/aromatic N) is 1. The minimum absolute atomic E-state index is 0.0788. The van der Waals surface area contributed by atoms with Gasteiger partial charge in [-0.3, -0.25) is 5.43 Å². The topological polar surface area (TPSA) is 50.4 Å². The zero-order valence-electron chi connectivity index (χ0n) is 8.11. The van der Waals surface area contributed by atoms with Gasteiger partial charge >= 0.3 is 0 Å². The molecule has 0 atom stereocenters. The summed E-state index contributed by atoms with van der Waals surface area (Å²) in [5, 5.41) is 6.66. The van der Waals surface area contributed by atoms with E-state index in [1.54, 1.807) is 0 Å². The van der Waals surface area contributed by atoms with Crippen molar-refractivity contribution in [1.82, 2.24) is 5.43 Å². The number of hydrogen-bond acceptors (Lipinski definition) is 3. The summed E-state index contributed by atoms with van der Waals surface area (Å²) in [6, 6.07) is 4.77. The van der Waals surface area contributed by atoms with Crippen molar-refractivity contribution in [1.29, 1.82) is 0 Å². The molecule has 0 aliphatic rings. The lowest BCUT2D eigenvalue weighted by Gasteiger charge is -1.98. The highest BCUT2D eigenvalue weighted by atomic mass is 32.1. The van der Waals surface area contributed by atoms with Crippen molar-refractivity contribution >= 4 is 45.0 Å². The molecule has 0 radical (unpaired) electrons. The summed E-state index contributed by atoms with van der Waals surface area (Å²) < 4.78 is 14.2. The minimum atomic E-state index is -0.289. The summed E-state index contributed by atoms with van der Waals surface area (Å²) in [6.45, 7) is 0. The van der Waals surface area contributed by atoms with Crippen LogP contribution in [0.2, 0.25) is 0 Å². The number of fused-ring (bicyclic) bond motifs is 1. The Morgan fingerprint density at radius 2 is 2.38 bits per heavy atom. The molecule has 2 aromatic rings. The highest BCUT2D eigenvalue weighted by molar-refractivity contribution is 7.80. The van der Waals surface area contributed by atoms with Crippen molar-refractivity contribution in [2.45, 2.75) is 0 Å². The summed E-state index contributed by atoms with van der Waals surface area (Å²) in [6.07, 6.45) is 1.50. The van der Waals surface area contributed by atoms with Gasteiger partial charge in [0.25, 0.3) is 0 Å². The molecule has 0 amide bonds. The lowest BCUT2D eigenvalue weighted by atomic mass is 10.2. The van der Waals surface area contributed by atoms with Crippen molar-refractivity contribution in [2.24, 2.45) is 10.8 Å². The quantitative estimate of drug-likeness (QED) is 0.490. The van der Waals surface area contributed by atoms with Gasteiger partial charge in [0, 0.05) is 10.3 Å². The van der Waals surface area contributed by atoms with Gasteiger partial charge in [0.15, 0.2) is 5.11 Å². The number of nitrogens with one attached hydrogen (secondary N) is 1. The van der Waals surface area contributed by atoms with Crippen LogP contribution in [0.15, 0.2) is 28.7 Å². The number of halogens is 1. The zero-order chi connectivity index (χ0) is 11.5. The molecule has 6 heteroatoms. The van der Waals surface area contributed by atoms with Gasteiger partial charge in [-0.25, -0.2) is 4.39 Å². The summed E-state index contributed by atoms with van der Waals surface area (Å²) in [4.78, 5) is 0. The lowest BCUT2D eigenvalue weighted by Crippen LogP contribution is -2.23. The van der Waals surface area contributed by atoms with E-state index in [2.05, 4.69) is 22.7 Å². The molecular formula is C10H8FN3S2. The molecule has 3 nitrogen and oxygen atoms in total. The van der Waals surface area contributed by atoms with Crippen molar-refractivity contribution in [3.8, 4) is 0 Å². The second-order valence-electron chi connectivity index (χ2n) is 3.07. The maximum absolute atomic E-state index is 13.2. The third kappa shape index (κ3) is 2.34. The molecule has 3 N–H and O–H groups in total. The number of benzene rings is 1. The molecule has 0 aliphatic carbocycles. The van der Waals surface area contributed by atoms with E-state index in [1.807, 2.05) is 11.4 Å². The summed E-state index contributed by atoms with van der Waals surface area (Å²) in [7, 11) is 0. The number of hydrogen-bond donors (Lipinski definition) is 2. The molecule has 2 rings (SSSR count). The fourth-order valence-corrected chi connectivity index (χ4v) is 2.25. The van der Waals surface area contributed by atoms with Gasteiger partial charge in [-0.15, -0.1) is 11.3 Å². The summed E-state index contributed by atoms with van der Waals surface area (Å²) in [5.41, 5.74) is 8.35. The molecule has 0 saturated heterocycles. The van der Waals surface area contributed by atoms with E-state index in [9.17, 15) is 4.39 Å². The molecule has 0 saturated carbocycles. The average molecular weight is 253 g/mol. The second kappa shape index (κ2) is 4.54. The number of thiocarbonyl (C=S) groups is 1. The fourth-order valence-electron chi connectivity index (χ4n) is 1.33. The summed E-state index contributed by atoms with van der Waals surface area (Å²) >= 11 is 6.13. The molecule has 82 valence electrons. The Labute approximate surface area is 101 Å². The highest BCUT2D eigenvalue weighted by Gasteiger charge is 2.03. The van der Waals surface area contributed by atoms with Crippen LogP contribution in [0.1, 0.15) is 5.56 Å². The molecule has 0 bridgehead atoms. The van der Waals surface area contributed by atoms with E-state index >= 15 is 0 Å². The van der Waals surface area contributed by atoms with Crippen LogP contribution < -0.4 is 11.2 Å². The Morgan fingerprint density at radius 3 is 3.12 bits per heavy atom. The van der Waals surface area contributed by atoms with Gasteiger partial charge in [-0.05, 0) is 41.2 Å². The minimum Gasteiger partial charge on any atom is -0.375 e. The first-order chi connectivity index (χ1) is 7.66. The number of rotatable bonds is 2. The number of thiophene rings is 1. The first kappa shape index (κ1) is 11.0. The number of hydrazone groups is 1. The molecule has 1 heterocycles. The molecule has 0 spiro atoms. The maximum atomic E-state index is 13.2. The Hall–Kier alpha value is -1.53. The van der Waals surface area contributed by atoms with Gasteiger partial charge < -0.3 is 5.73 Å². The van der Waals surface area contributed by atoms with E-state index in [1.165, 1.54) is 29.7 Å². The van der Waals surface area contributed by atoms with Gasteiger partial charge in [-0.2, -0.15) is 5.10 Å². The second-order valence-corrected chi connectivity index (χ2v) is 4.42. The first-order valence-electron chi connectivity index (χ1n) is 4.42. The Morgan fingerprint density at radius 1 is 1.56 bits per heavy atom. The predicted octanol–water partition coefficient (Wildman–Crippen LogP) is 2.21. The van der Waals surface area contributed by atoms with E-state index in [4.69, 9.17) is 5.73 Å². The molecule has 1 aromatic heterocycles. The average Bonchev–Trinajstić information content (AvgIpc) is 2.64. The lowest BCUT2D eigenvalue weighted by molar-refractivity contribution is 0.629. The third-order valence-electron chi connectivity index (χ3n) is 1.92. The molecular weight excluding hydrogens is 245 g/mol. The molecule has 1 aromatic carbocycles. The van der Waals surface area contributed by atoms with Crippen LogP contribution in [0.25, 0.3) is 10.1 Å². The largest absolute Gasteiger partial charge is 0.375 e. The van der Waals surface area contributed by atoms with Crippen LogP contribution in [-0.2, 0) is 0 Å². The van der Waals surface area contributed by atoms with Crippen LogP contribution in [0.3, 0.4) is 0 Å². The van der Waals surface area contributed by atoms with Crippen molar-refractivity contribution in [2.75, 3.05) is 0 Å². The fraction of sp³-hybridized carbons (Fsp3) is 0. The van der Waals surface area contributed by atoms with Gasteiger partial charge in [0.1, 0.15) is 5.82 Å². The van der Waals surface area contributed by atoms with Gasteiger partial charge in [0.2, 0.25) is 0 Å². The third-order valence-corrected chi connectivity index (χ3v) is 2.99. The Bertz CT molecular complexity index is 562. The van der Waals surface area contributed by atoms with E-state index < -0.39 is 0 Å². The SMILES string of the molecule is NC(=S)NN=Cc1cc(F)cc2ccsc12. The van der Waals surface area contributed by atoms with Crippen molar-refractivity contribution < 1.29 is 4.39 Å². The maximum Gasteiger partial charge on any atom is 0.184 e. The van der Waals surface area contributed by atoms with E-state index in [0.29, 0.717) is 5.56 Å². The Kier molecular flexibility index (Phi) is 3.12. The van der Waals surface area contributed by atoms with Crippen LogP contribution in [0.4, 0.5) is 4.39 Å². The first-order valence-corrected chi connectivity index (χ1v) is 5.71. The molecule has 16 heavy (non-hydrogen) atoms. The van der Waals surface area contributed by atoms with Crippen LogP contribution in [0, 0.1) is 5.82 Å². The highest BCUT2D eigenvalue weighted by Crippen LogP contribution is 2.24. The molecule has 0 fully saturated rings. The Balaban J connectivity index is 2.39. The standard InChI is InChI=1S/C10H8FN3S2/c11-8-3-6-1-2-16-9(6)7(4-8)5-13-14-10(12)15/h1-5H,(H3,12,14,15). The van der Waals surface area contributed by atoms with E-state index in [-0.39, 0.29) is 10.9 Å². The predicted molar refractivity (Wildman–Crippen MR) is 69.3 cm³/mol. The number of nitrogens with two attached hydrogens (primary N) is 1. The molecule has 0 unspecified atom stereocenters. The van der Waals surface area contributed by atoms with Crippen LogP contribution in [-0.4, -0.2) is 11.3 Å². The van der Waals surface area contributed by atoms with Gasteiger partial charge in [0.05, 0.1) is 6.21 Å². The smallest absolute Gasteiger partial charge is 0.184 e.